The van der Waals surface area contributed by atoms with E-state index < -0.39 is 30.1 Å². The first kappa shape index (κ1) is 14.0. The molecule has 1 rings (SSSR count). The maximum atomic E-state index is 12.4. The van der Waals surface area contributed by atoms with Crippen LogP contribution in [0.15, 0.2) is 24.3 Å². The molecule has 98 valence electrons. The normalized spacial score (nSPS) is 10.9. The summed E-state index contributed by atoms with van der Waals surface area (Å²) in [4.78, 5) is 21.9. The first-order valence-corrected chi connectivity index (χ1v) is 4.77. The molecule has 0 N–H and O–H groups in total. The summed E-state index contributed by atoms with van der Waals surface area (Å²) in [6.45, 7) is 0. The molecule has 0 amide bonds. The molecule has 0 fully saturated rings. The largest absolute Gasteiger partial charge is 0.469 e. The molecule has 0 radical (unpaired) electrons. The molecule has 1 aromatic carbocycles. The van der Waals surface area contributed by atoms with Gasteiger partial charge in [0.25, 0.3) is 0 Å². The second-order valence-electron chi connectivity index (χ2n) is 3.25. The fraction of sp³-hybridized carbons (Fsp3) is 0.273. The molecular formula is C11H9F3O4. The fourth-order valence-corrected chi connectivity index (χ4v) is 1.09. The van der Waals surface area contributed by atoms with Gasteiger partial charge in [0, 0.05) is 0 Å². The molecule has 0 heterocycles. The Hall–Kier alpha value is -2.05. The van der Waals surface area contributed by atoms with Gasteiger partial charge < -0.3 is 9.47 Å². The lowest BCUT2D eigenvalue weighted by atomic mass is 10.2. The zero-order chi connectivity index (χ0) is 13.8. The number of carbonyl (C=O) groups is 2. The van der Waals surface area contributed by atoms with Crippen LogP contribution in [0.1, 0.15) is 12.0 Å². The molecule has 0 atom stereocenters. The van der Waals surface area contributed by atoms with Gasteiger partial charge in [-0.1, -0.05) is 6.07 Å². The van der Waals surface area contributed by atoms with Gasteiger partial charge in [-0.05, 0) is 18.2 Å². The van der Waals surface area contributed by atoms with Crippen molar-refractivity contribution in [3.8, 4) is 5.75 Å². The van der Waals surface area contributed by atoms with Crippen LogP contribution < -0.4 is 4.74 Å². The quantitative estimate of drug-likeness (QED) is 0.476. The summed E-state index contributed by atoms with van der Waals surface area (Å²) in [7, 11) is 1.08. The van der Waals surface area contributed by atoms with E-state index in [-0.39, 0.29) is 5.75 Å². The lowest BCUT2D eigenvalue weighted by Gasteiger charge is -2.08. The first-order chi connectivity index (χ1) is 8.32. The second-order valence-corrected chi connectivity index (χ2v) is 3.25. The zero-order valence-electron chi connectivity index (χ0n) is 9.28. The zero-order valence-corrected chi connectivity index (χ0v) is 9.28. The Morgan fingerprint density at radius 2 is 1.89 bits per heavy atom. The van der Waals surface area contributed by atoms with Gasteiger partial charge in [-0.2, -0.15) is 13.2 Å². The number of methoxy groups -OCH3 is 1. The highest BCUT2D eigenvalue weighted by atomic mass is 19.4. The molecule has 0 aliphatic rings. The predicted octanol–water partition coefficient (Wildman–Crippen LogP) is 2.17. The summed E-state index contributed by atoms with van der Waals surface area (Å²) in [5, 5.41) is 0. The number of rotatable bonds is 3. The first-order valence-electron chi connectivity index (χ1n) is 4.77. The van der Waals surface area contributed by atoms with Crippen molar-refractivity contribution in [3.63, 3.8) is 0 Å². The Morgan fingerprint density at radius 3 is 2.44 bits per heavy atom. The van der Waals surface area contributed by atoms with Gasteiger partial charge in [0.05, 0.1) is 12.7 Å². The summed E-state index contributed by atoms with van der Waals surface area (Å²) >= 11 is 0. The van der Waals surface area contributed by atoms with E-state index in [1.165, 1.54) is 6.07 Å². The minimum atomic E-state index is -4.52. The van der Waals surface area contributed by atoms with E-state index >= 15 is 0 Å². The van der Waals surface area contributed by atoms with Crippen LogP contribution in [0.25, 0.3) is 0 Å². The smallest absolute Gasteiger partial charge is 0.416 e. The van der Waals surface area contributed by atoms with Gasteiger partial charge in [0.2, 0.25) is 0 Å². The van der Waals surface area contributed by atoms with Crippen molar-refractivity contribution in [3.05, 3.63) is 29.8 Å². The number of alkyl halides is 3. The van der Waals surface area contributed by atoms with Crippen molar-refractivity contribution in [1.82, 2.24) is 0 Å². The monoisotopic (exact) mass is 262 g/mol. The Kier molecular flexibility index (Phi) is 4.30. The Bertz CT molecular complexity index is 454. The molecule has 4 nitrogen and oxygen atoms in total. The van der Waals surface area contributed by atoms with Crippen LogP contribution in [-0.2, 0) is 20.5 Å². The number of hydrogen-bond acceptors (Lipinski definition) is 4. The highest BCUT2D eigenvalue weighted by Gasteiger charge is 2.30. The van der Waals surface area contributed by atoms with Crippen molar-refractivity contribution < 1.29 is 32.2 Å². The van der Waals surface area contributed by atoms with Crippen molar-refractivity contribution >= 4 is 11.9 Å². The molecule has 18 heavy (non-hydrogen) atoms. The van der Waals surface area contributed by atoms with Crippen LogP contribution in [0.4, 0.5) is 13.2 Å². The van der Waals surface area contributed by atoms with Gasteiger partial charge in [0.1, 0.15) is 12.2 Å². The molecular weight excluding hydrogens is 253 g/mol. The van der Waals surface area contributed by atoms with Gasteiger partial charge in [0.15, 0.2) is 0 Å². The van der Waals surface area contributed by atoms with E-state index in [2.05, 4.69) is 9.47 Å². The summed E-state index contributed by atoms with van der Waals surface area (Å²) in [6.07, 6.45) is -5.18. The molecule has 0 saturated heterocycles. The average molecular weight is 262 g/mol. The SMILES string of the molecule is COC(=O)CC(=O)Oc1cccc(C(F)(F)F)c1. The van der Waals surface area contributed by atoms with E-state index in [0.29, 0.717) is 6.07 Å². The minimum absolute atomic E-state index is 0.279. The van der Waals surface area contributed by atoms with Gasteiger partial charge in [-0.25, -0.2) is 0 Å². The van der Waals surface area contributed by atoms with Gasteiger partial charge in [-0.3, -0.25) is 9.59 Å². The summed E-state index contributed by atoms with van der Waals surface area (Å²) in [5.74, 6) is -2.09. The van der Waals surface area contributed by atoms with Gasteiger partial charge in [-0.15, -0.1) is 0 Å². The van der Waals surface area contributed by atoms with Crippen molar-refractivity contribution in [2.24, 2.45) is 0 Å². The molecule has 1 aromatic rings. The predicted molar refractivity (Wildman–Crippen MR) is 53.7 cm³/mol. The lowest BCUT2D eigenvalue weighted by molar-refractivity contribution is -0.148. The van der Waals surface area contributed by atoms with Crippen LogP contribution in [-0.4, -0.2) is 19.0 Å². The summed E-state index contributed by atoms with van der Waals surface area (Å²) in [5.41, 5.74) is -0.939. The van der Waals surface area contributed by atoms with Crippen molar-refractivity contribution in [2.45, 2.75) is 12.6 Å². The Balaban J connectivity index is 2.74. The van der Waals surface area contributed by atoms with Crippen molar-refractivity contribution in [1.29, 1.82) is 0 Å². The second kappa shape index (κ2) is 5.52. The number of ether oxygens (including phenoxy) is 2. The highest BCUT2D eigenvalue weighted by Crippen LogP contribution is 2.31. The standard InChI is InChI=1S/C11H9F3O4/c1-17-9(15)6-10(16)18-8-4-2-3-7(5-8)11(12,13)14/h2-5H,6H2,1H3. The van der Waals surface area contributed by atoms with Crippen LogP contribution in [0, 0.1) is 0 Å². The fourth-order valence-electron chi connectivity index (χ4n) is 1.09. The third-order valence-corrected chi connectivity index (χ3v) is 1.91. The van der Waals surface area contributed by atoms with Crippen LogP contribution >= 0.6 is 0 Å². The van der Waals surface area contributed by atoms with Gasteiger partial charge >= 0.3 is 18.1 Å². The third kappa shape index (κ3) is 4.08. The number of halogens is 3. The highest BCUT2D eigenvalue weighted by molar-refractivity contribution is 5.92. The molecule has 0 aliphatic carbocycles. The molecule has 7 heteroatoms. The molecule has 0 saturated carbocycles. The number of esters is 2. The number of hydrogen-bond donors (Lipinski definition) is 0. The number of carbonyl (C=O) groups excluding carboxylic acids is 2. The van der Waals surface area contributed by atoms with E-state index in [9.17, 15) is 22.8 Å². The summed E-state index contributed by atoms with van der Waals surface area (Å²) < 4.78 is 45.9. The third-order valence-electron chi connectivity index (χ3n) is 1.91. The van der Waals surface area contributed by atoms with Crippen LogP contribution in [0.5, 0.6) is 5.75 Å². The lowest BCUT2D eigenvalue weighted by Crippen LogP contribution is -2.15. The van der Waals surface area contributed by atoms with Crippen molar-refractivity contribution in [2.75, 3.05) is 7.11 Å². The van der Waals surface area contributed by atoms with Crippen LogP contribution in [0.2, 0.25) is 0 Å². The number of benzene rings is 1. The summed E-state index contributed by atoms with van der Waals surface area (Å²) in [6, 6.07) is 3.81. The topological polar surface area (TPSA) is 52.6 Å². The molecule has 0 aromatic heterocycles. The molecule has 0 unspecified atom stereocenters. The molecule has 0 bridgehead atoms. The van der Waals surface area contributed by atoms with Crippen LogP contribution in [0.3, 0.4) is 0 Å². The maximum Gasteiger partial charge on any atom is 0.416 e. The van der Waals surface area contributed by atoms with E-state index in [0.717, 1.165) is 19.2 Å². The van der Waals surface area contributed by atoms with E-state index in [1.54, 1.807) is 0 Å². The molecule has 0 spiro atoms. The van der Waals surface area contributed by atoms with E-state index in [1.807, 2.05) is 0 Å². The Labute approximate surface area is 100 Å². The van der Waals surface area contributed by atoms with E-state index in [4.69, 9.17) is 0 Å². The maximum absolute atomic E-state index is 12.4. The Morgan fingerprint density at radius 1 is 1.22 bits per heavy atom. The average Bonchev–Trinajstić information content (AvgIpc) is 2.27. The molecule has 0 aliphatic heterocycles. The minimum Gasteiger partial charge on any atom is -0.469 e.